The summed E-state index contributed by atoms with van der Waals surface area (Å²) in [5, 5.41) is 11.6. The molecule has 0 bridgehead atoms. The number of carboxylic acids is 1. The van der Waals surface area contributed by atoms with Crippen LogP contribution in [0.2, 0.25) is 0 Å². The molecule has 1 aromatic heterocycles. The highest BCUT2D eigenvalue weighted by Crippen LogP contribution is 2.32. The molecular weight excluding hydrogens is 239 g/mol. The zero-order valence-electron chi connectivity index (χ0n) is 9.82. The van der Waals surface area contributed by atoms with Gasteiger partial charge in [0.05, 0.1) is 16.6 Å². The number of halogens is 1. The Bertz CT molecular complexity index is 661. The maximum Gasteiger partial charge on any atom is 0.354 e. The third-order valence-electron chi connectivity index (χ3n) is 2.68. The molecule has 0 saturated carbocycles. The van der Waals surface area contributed by atoms with Crippen LogP contribution in [0.3, 0.4) is 0 Å². The van der Waals surface area contributed by atoms with Crippen molar-refractivity contribution < 1.29 is 19.1 Å². The highest BCUT2D eigenvalue weighted by molar-refractivity contribution is 6.10. The van der Waals surface area contributed by atoms with Gasteiger partial charge in [0.25, 0.3) is 0 Å². The van der Waals surface area contributed by atoms with Gasteiger partial charge in [-0.2, -0.15) is 0 Å². The van der Waals surface area contributed by atoms with Crippen molar-refractivity contribution in [1.29, 1.82) is 0 Å². The van der Waals surface area contributed by atoms with E-state index in [1.165, 1.54) is 30.7 Å². The highest BCUT2D eigenvalue weighted by Gasteiger charge is 2.23. The van der Waals surface area contributed by atoms with Crippen LogP contribution in [0.15, 0.2) is 18.2 Å². The number of rotatable bonds is 2. The number of hydrogen-bond acceptors (Lipinski definition) is 2. The molecule has 0 saturated heterocycles. The second-order valence-electron chi connectivity index (χ2n) is 3.90. The van der Waals surface area contributed by atoms with Gasteiger partial charge >= 0.3 is 5.97 Å². The minimum absolute atomic E-state index is 0.00870. The van der Waals surface area contributed by atoms with Crippen molar-refractivity contribution in [3.63, 3.8) is 0 Å². The first kappa shape index (κ1) is 12.1. The SMILES string of the molecule is CC(=O)Nc1c(C(=O)O)n(C)c2cccc(F)c12. The third-order valence-corrected chi connectivity index (χ3v) is 2.68. The summed E-state index contributed by atoms with van der Waals surface area (Å²) in [5.74, 6) is -2.25. The summed E-state index contributed by atoms with van der Waals surface area (Å²) < 4.78 is 15.1. The molecule has 0 radical (unpaired) electrons. The minimum atomic E-state index is -1.23. The highest BCUT2D eigenvalue weighted by atomic mass is 19.1. The van der Waals surface area contributed by atoms with Gasteiger partial charge in [-0.25, -0.2) is 9.18 Å². The Hall–Kier alpha value is -2.37. The summed E-state index contributed by atoms with van der Waals surface area (Å²) in [7, 11) is 1.51. The second-order valence-corrected chi connectivity index (χ2v) is 3.90. The summed E-state index contributed by atoms with van der Waals surface area (Å²) in [5.41, 5.74) is 0.257. The Balaban J connectivity index is 2.89. The van der Waals surface area contributed by atoms with Crippen molar-refractivity contribution in [3.8, 4) is 0 Å². The lowest BCUT2D eigenvalue weighted by Crippen LogP contribution is -2.12. The van der Waals surface area contributed by atoms with Crippen molar-refractivity contribution >= 4 is 28.5 Å². The monoisotopic (exact) mass is 250 g/mol. The number of hydrogen-bond donors (Lipinski definition) is 2. The summed E-state index contributed by atoms with van der Waals surface area (Å²) in [6.07, 6.45) is 0. The fourth-order valence-corrected chi connectivity index (χ4v) is 1.99. The topological polar surface area (TPSA) is 71.3 Å². The van der Waals surface area contributed by atoms with E-state index in [9.17, 15) is 14.0 Å². The molecule has 94 valence electrons. The van der Waals surface area contributed by atoms with Crippen molar-refractivity contribution in [2.75, 3.05) is 5.32 Å². The molecule has 1 aromatic carbocycles. The molecule has 2 aromatic rings. The van der Waals surface area contributed by atoms with Crippen molar-refractivity contribution in [1.82, 2.24) is 4.57 Å². The van der Waals surface area contributed by atoms with Crippen molar-refractivity contribution in [2.24, 2.45) is 7.05 Å². The van der Waals surface area contributed by atoms with Crippen LogP contribution >= 0.6 is 0 Å². The van der Waals surface area contributed by atoms with E-state index in [0.717, 1.165) is 0 Å². The number of nitrogens with zero attached hydrogens (tertiary/aromatic N) is 1. The summed E-state index contributed by atoms with van der Waals surface area (Å²) in [4.78, 5) is 22.3. The van der Waals surface area contributed by atoms with Crippen LogP contribution in [-0.2, 0) is 11.8 Å². The molecule has 6 heteroatoms. The standard InChI is InChI=1S/C12H11FN2O3/c1-6(16)14-10-9-7(13)4-3-5-8(9)15(2)11(10)12(17)18/h3-5H,1-2H3,(H,14,16)(H,17,18). The van der Waals surface area contributed by atoms with Crippen LogP contribution < -0.4 is 5.32 Å². The van der Waals surface area contributed by atoms with Gasteiger partial charge in [0.15, 0.2) is 5.69 Å². The molecule has 0 unspecified atom stereocenters. The van der Waals surface area contributed by atoms with Crippen molar-refractivity contribution in [2.45, 2.75) is 6.92 Å². The molecule has 0 aliphatic carbocycles. The van der Waals surface area contributed by atoms with Gasteiger partial charge in [0.1, 0.15) is 5.82 Å². The first-order chi connectivity index (χ1) is 8.43. The molecule has 2 N–H and O–H groups in total. The van der Waals surface area contributed by atoms with Gasteiger partial charge in [-0.3, -0.25) is 4.79 Å². The number of carbonyl (C=O) groups is 2. The molecule has 0 aliphatic heterocycles. The third kappa shape index (κ3) is 1.71. The molecule has 1 heterocycles. The Labute approximate surface area is 102 Å². The van der Waals surface area contributed by atoms with Crippen LogP contribution in [0.4, 0.5) is 10.1 Å². The first-order valence-electron chi connectivity index (χ1n) is 5.21. The van der Waals surface area contributed by atoms with Gasteiger partial charge in [-0.1, -0.05) is 6.07 Å². The molecule has 5 nitrogen and oxygen atoms in total. The molecule has 2 rings (SSSR count). The molecule has 1 amide bonds. The van der Waals surface area contributed by atoms with Gasteiger partial charge in [0.2, 0.25) is 5.91 Å². The predicted molar refractivity (Wildman–Crippen MR) is 64.1 cm³/mol. The predicted octanol–water partition coefficient (Wildman–Crippen LogP) is 1.97. The maximum atomic E-state index is 13.8. The van der Waals surface area contributed by atoms with Gasteiger partial charge in [0, 0.05) is 14.0 Å². The van der Waals surface area contributed by atoms with E-state index in [-0.39, 0.29) is 16.8 Å². The summed E-state index contributed by atoms with van der Waals surface area (Å²) in [6, 6.07) is 4.30. The molecule has 0 aliphatic rings. The first-order valence-corrected chi connectivity index (χ1v) is 5.21. The summed E-state index contributed by atoms with van der Waals surface area (Å²) in [6.45, 7) is 1.24. The van der Waals surface area contributed by atoms with E-state index < -0.39 is 17.7 Å². The Morgan fingerprint density at radius 2 is 2.06 bits per heavy atom. The number of aromatic carboxylic acids is 1. The quantitative estimate of drug-likeness (QED) is 0.856. The van der Waals surface area contributed by atoms with Crippen LogP contribution in [0.5, 0.6) is 0 Å². The van der Waals surface area contributed by atoms with Crippen LogP contribution in [-0.4, -0.2) is 21.6 Å². The molecule has 0 fully saturated rings. The Kier molecular flexibility index (Phi) is 2.78. The number of amides is 1. The van der Waals surface area contributed by atoms with Crippen LogP contribution in [0, 0.1) is 5.82 Å². The number of anilines is 1. The van der Waals surface area contributed by atoms with Crippen molar-refractivity contribution in [3.05, 3.63) is 29.7 Å². The number of fused-ring (bicyclic) bond motifs is 1. The molecular formula is C12H11FN2O3. The van der Waals surface area contributed by atoms with Gasteiger partial charge < -0.3 is 15.0 Å². The lowest BCUT2D eigenvalue weighted by Gasteiger charge is -2.03. The van der Waals surface area contributed by atoms with E-state index >= 15 is 0 Å². The number of carboxylic acid groups (broad SMARTS) is 1. The van der Waals surface area contributed by atoms with E-state index in [1.54, 1.807) is 6.07 Å². The number of aryl methyl sites for hydroxylation is 1. The fraction of sp³-hybridized carbons (Fsp3) is 0.167. The van der Waals surface area contributed by atoms with Crippen LogP contribution in [0.25, 0.3) is 10.9 Å². The smallest absolute Gasteiger partial charge is 0.354 e. The fourth-order valence-electron chi connectivity index (χ4n) is 1.99. The Morgan fingerprint density at radius 1 is 1.39 bits per heavy atom. The largest absolute Gasteiger partial charge is 0.477 e. The average molecular weight is 250 g/mol. The van der Waals surface area contributed by atoms with E-state index in [0.29, 0.717) is 5.52 Å². The van der Waals surface area contributed by atoms with Gasteiger partial charge in [-0.15, -0.1) is 0 Å². The second kappa shape index (κ2) is 4.14. The zero-order valence-corrected chi connectivity index (χ0v) is 9.82. The van der Waals surface area contributed by atoms with Crippen LogP contribution in [0.1, 0.15) is 17.4 Å². The Morgan fingerprint density at radius 3 is 2.61 bits per heavy atom. The normalized spacial score (nSPS) is 10.6. The number of benzene rings is 1. The van der Waals surface area contributed by atoms with E-state index in [4.69, 9.17) is 5.11 Å². The molecule has 0 spiro atoms. The van der Waals surface area contributed by atoms with E-state index in [2.05, 4.69) is 5.32 Å². The number of aromatic nitrogens is 1. The van der Waals surface area contributed by atoms with E-state index in [1.807, 2.05) is 0 Å². The molecule has 0 atom stereocenters. The zero-order chi connectivity index (χ0) is 13.4. The summed E-state index contributed by atoms with van der Waals surface area (Å²) >= 11 is 0. The maximum absolute atomic E-state index is 13.8. The number of carbonyl (C=O) groups excluding carboxylic acids is 1. The molecule has 18 heavy (non-hydrogen) atoms. The number of nitrogens with one attached hydrogen (secondary N) is 1. The van der Waals surface area contributed by atoms with Gasteiger partial charge in [-0.05, 0) is 12.1 Å². The average Bonchev–Trinajstić information content (AvgIpc) is 2.52. The lowest BCUT2D eigenvalue weighted by atomic mass is 10.2. The minimum Gasteiger partial charge on any atom is -0.477 e. The lowest BCUT2D eigenvalue weighted by molar-refractivity contribution is -0.114.